The van der Waals surface area contributed by atoms with E-state index in [0.717, 1.165) is 43.3 Å². The number of nitrogens with zero attached hydrogens (tertiary/aromatic N) is 1. The van der Waals surface area contributed by atoms with Gasteiger partial charge in [0.1, 0.15) is 0 Å². The van der Waals surface area contributed by atoms with Gasteiger partial charge in [0, 0.05) is 28.7 Å². The first-order chi connectivity index (χ1) is 13.7. The quantitative estimate of drug-likeness (QED) is 0.640. The molecule has 1 aliphatic heterocycles. The lowest BCUT2D eigenvalue weighted by Gasteiger charge is -2.38. The topological polar surface area (TPSA) is 36.1 Å². The second kappa shape index (κ2) is 6.97. The number of H-pyrrole nitrogens is 1. The van der Waals surface area contributed by atoms with Gasteiger partial charge in [-0.15, -0.1) is 0 Å². The first-order valence-electron chi connectivity index (χ1n) is 10.4. The fourth-order valence-corrected chi connectivity index (χ4v) is 4.89. The molecule has 3 aromatic rings. The SMILES string of the molecule is Cc1ccccc1[C@H]1c2[nH]c3ccccc3c2CCN1C(=O)C1=CCCCC1. The van der Waals surface area contributed by atoms with Gasteiger partial charge in [-0.2, -0.15) is 0 Å². The number of benzene rings is 2. The zero-order chi connectivity index (χ0) is 19.1. The predicted molar refractivity (Wildman–Crippen MR) is 113 cm³/mol. The van der Waals surface area contributed by atoms with E-state index in [1.807, 2.05) is 0 Å². The smallest absolute Gasteiger partial charge is 0.250 e. The summed E-state index contributed by atoms with van der Waals surface area (Å²) in [6.45, 7) is 2.92. The molecule has 142 valence electrons. The van der Waals surface area contributed by atoms with Gasteiger partial charge < -0.3 is 9.88 Å². The number of aryl methyl sites for hydroxylation is 1. The highest BCUT2D eigenvalue weighted by Gasteiger charge is 2.36. The van der Waals surface area contributed by atoms with Crippen molar-refractivity contribution in [2.75, 3.05) is 6.54 Å². The van der Waals surface area contributed by atoms with Crippen molar-refractivity contribution >= 4 is 16.8 Å². The average Bonchev–Trinajstić information content (AvgIpc) is 3.12. The summed E-state index contributed by atoms with van der Waals surface area (Å²) in [6.07, 6.45) is 7.33. The highest BCUT2D eigenvalue weighted by Crippen LogP contribution is 2.40. The monoisotopic (exact) mass is 370 g/mol. The van der Waals surface area contributed by atoms with Gasteiger partial charge in [0.05, 0.1) is 6.04 Å². The molecule has 1 aromatic heterocycles. The van der Waals surface area contributed by atoms with Crippen LogP contribution in [0.3, 0.4) is 0 Å². The lowest BCUT2D eigenvalue weighted by molar-refractivity contribution is -0.129. The van der Waals surface area contributed by atoms with E-state index in [2.05, 4.69) is 71.4 Å². The minimum absolute atomic E-state index is 0.0484. The van der Waals surface area contributed by atoms with Crippen LogP contribution in [0.15, 0.2) is 60.2 Å². The lowest BCUT2D eigenvalue weighted by atomic mass is 9.88. The number of nitrogens with one attached hydrogen (secondary N) is 1. The van der Waals surface area contributed by atoms with Crippen LogP contribution in [0.5, 0.6) is 0 Å². The van der Waals surface area contributed by atoms with Crippen molar-refractivity contribution in [3.05, 3.63) is 82.6 Å². The molecule has 1 atom stereocenters. The molecule has 0 bridgehead atoms. The Morgan fingerprint density at radius 2 is 1.86 bits per heavy atom. The number of hydrogen-bond acceptors (Lipinski definition) is 1. The maximum Gasteiger partial charge on any atom is 0.250 e. The van der Waals surface area contributed by atoms with Gasteiger partial charge in [-0.25, -0.2) is 0 Å². The summed E-state index contributed by atoms with van der Waals surface area (Å²) in [7, 11) is 0. The fraction of sp³-hybridized carbons (Fsp3) is 0.320. The van der Waals surface area contributed by atoms with Crippen molar-refractivity contribution in [3.63, 3.8) is 0 Å². The molecule has 0 spiro atoms. The van der Waals surface area contributed by atoms with Crippen LogP contribution < -0.4 is 0 Å². The zero-order valence-electron chi connectivity index (χ0n) is 16.4. The number of carbonyl (C=O) groups excluding carboxylic acids is 1. The maximum atomic E-state index is 13.5. The maximum absolute atomic E-state index is 13.5. The Labute approximate surface area is 166 Å². The summed E-state index contributed by atoms with van der Waals surface area (Å²) in [6, 6.07) is 16.9. The Bertz CT molecular complexity index is 1080. The molecule has 0 radical (unpaired) electrons. The van der Waals surface area contributed by atoms with Gasteiger partial charge in [-0.3, -0.25) is 4.79 Å². The minimum Gasteiger partial charge on any atom is -0.356 e. The molecule has 0 saturated carbocycles. The van der Waals surface area contributed by atoms with E-state index in [0.29, 0.717) is 0 Å². The summed E-state index contributed by atoms with van der Waals surface area (Å²) >= 11 is 0. The first-order valence-corrected chi connectivity index (χ1v) is 10.4. The Kier molecular flexibility index (Phi) is 4.31. The Hall–Kier alpha value is -2.81. The Morgan fingerprint density at radius 1 is 1.04 bits per heavy atom. The molecule has 0 unspecified atom stereocenters. The normalized spacial score (nSPS) is 19.4. The van der Waals surface area contributed by atoms with Crippen molar-refractivity contribution in [1.29, 1.82) is 0 Å². The van der Waals surface area contributed by atoms with Crippen molar-refractivity contribution in [2.24, 2.45) is 0 Å². The van der Waals surface area contributed by atoms with Crippen molar-refractivity contribution < 1.29 is 4.79 Å². The zero-order valence-corrected chi connectivity index (χ0v) is 16.4. The van der Waals surface area contributed by atoms with Gasteiger partial charge in [0.25, 0.3) is 0 Å². The van der Waals surface area contributed by atoms with Gasteiger partial charge in [0.15, 0.2) is 0 Å². The predicted octanol–water partition coefficient (Wildman–Crippen LogP) is 5.45. The van der Waals surface area contributed by atoms with Crippen molar-refractivity contribution in [3.8, 4) is 0 Å². The fourth-order valence-electron chi connectivity index (χ4n) is 4.89. The molecule has 3 nitrogen and oxygen atoms in total. The number of rotatable bonds is 2. The van der Waals surface area contributed by atoms with E-state index in [4.69, 9.17) is 0 Å². The standard InChI is InChI=1S/C25H26N2O/c1-17-9-5-6-12-19(17)24-23-21(20-13-7-8-14-22(20)26-23)15-16-27(24)25(28)18-10-3-2-4-11-18/h5-10,12-14,24,26H,2-4,11,15-16H2,1H3/t24-/m0/s1. The third-order valence-corrected chi connectivity index (χ3v) is 6.34. The lowest BCUT2D eigenvalue weighted by Crippen LogP contribution is -2.41. The second-order valence-corrected chi connectivity index (χ2v) is 8.05. The summed E-state index contributed by atoms with van der Waals surface area (Å²) in [5, 5.41) is 1.29. The third-order valence-electron chi connectivity index (χ3n) is 6.34. The van der Waals surface area contributed by atoms with Gasteiger partial charge in [-0.1, -0.05) is 48.5 Å². The molecule has 1 amide bonds. The molecule has 2 aliphatic rings. The largest absolute Gasteiger partial charge is 0.356 e. The van der Waals surface area contributed by atoms with Crippen LogP contribution in [0.1, 0.15) is 54.1 Å². The molecule has 1 aliphatic carbocycles. The van der Waals surface area contributed by atoms with Gasteiger partial charge in [0.2, 0.25) is 5.91 Å². The highest BCUT2D eigenvalue weighted by molar-refractivity contribution is 5.95. The summed E-state index contributed by atoms with van der Waals surface area (Å²) < 4.78 is 0. The molecule has 2 heterocycles. The molecule has 0 fully saturated rings. The molecule has 1 N–H and O–H groups in total. The highest BCUT2D eigenvalue weighted by atomic mass is 16.2. The molecule has 28 heavy (non-hydrogen) atoms. The van der Waals surface area contributed by atoms with Crippen LogP contribution in [0.25, 0.3) is 10.9 Å². The van der Waals surface area contributed by atoms with Crippen LogP contribution >= 0.6 is 0 Å². The Balaban J connectivity index is 1.66. The summed E-state index contributed by atoms with van der Waals surface area (Å²) in [5.74, 6) is 0.220. The number of amides is 1. The number of para-hydroxylation sites is 1. The number of hydrogen-bond donors (Lipinski definition) is 1. The van der Waals surface area contributed by atoms with Crippen LogP contribution in [0.4, 0.5) is 0 Å². The molecule has 0 saturated heterocycles. The summed E-state index contributed by atoms with van der Waals surface area (Å²) in [4.78, 5) is 19.3. The van der Waals surface area contributed by atoms with E-state index >= 15 is 0 Å². The molecular weight excluding hydrogens is 344 g/mol. The number of aromatic nitrogens is 1. The number of fused-ring (bicyclic) bond motifs is 3. The van der Waals surface area contributed by atoms with Crippen LogP contribution in [-0.2, 0) is 11.2 Å². The van der Waals surface area contributed by atoms with Crippen molar-refractivity contribution in [2.45, 2.75) is 45.1 Å². The Morgan fingerprint density at radius 3 is 2.68 bits per heavy atom. The second-order valence-electron chi connectivity index (χ2n) is 8.05. The van der Waals surface area contributed by atoms with Crippen LogP contribution in [-0.4, -0.2) is 22.3 Å². The molecular formula is C25H26N2O. The van der Waals surface area contributed by atoms with Crippen LogP contribution in [0, 0.1) is 6.92 Å². The molecule has 3 heteroatoms. The van der Waals surface area contributed by atoms with E-state index in [9.17, 15) is 4.79 Å². The van der Waals surface area contributed by atoms with Gasteiger partial charge in [-0.05, 0) is 61.8 Å². The summed E-state index contributed by atoms with van der Waals surface area (Å²) in [5.41, 5.74) is 7.17. The van der Waals surface area contributed by atoms with E-state index in [1.54, 1.807) is 0 Å². The van der Waals surface area contributed by atoms with E-state index < -0.39 is 0 Å². The van der Waals surface area contributed by atoms with Gasteiger partial charge >= 0.3 is 0 Å². The minimum atomic E-state index is -0.0484. The van der Waals surface area contributed by atoms with E-state index in [-0.39, 0.29) is 11.9 Å². The third kappa shape index (κ3) is 2.77. The number of allylic oxidation sites excluding steroid dienone is 1. The number of carbonyl (C=O) groups is 1. The molecule has 2 aromatic carbocycles. The van der Waals surface area contributed by atoms with Crippen molar-refractivity contribution in [1.82, 2.24) is 9.88 Å². The average molecular weight is 370 g/mol. The molecule has 5 rings (SSSR count). The van der Waals surface area contributed by atoms with Crippen LogP contribution in [0.2, 0.25) is 0 Å². The first kappa shape index (κ1) is 17.3. The van der Waals surface area contributed by atoms with E-state index in [1.165, 1.54) is 34.2 Å². The number of aromatic amines is 1.